The summed E-state index contributed by atoms with van der Waals surface area (Å²) in [5.74, 6) is -0.398. The maximum Gasteiger partial charge on any atom is 0.308 e. The molecular formula is C14H13ClO4. The molecule has 19 heavy (non-hydrogen) atoms. The Morgan fingerprint density at radius 2 is 1.53 bits per heavy atom. The van der Waals surface area contributed by atoms with Gasteiger partial charge in [-0.05, 0) is 11.5 Å². The summed E-state index contributed by atoms with van der Waals surface area (Å²) in [7, 11) is 0. The quantitative estimate of drug-likeness (QED) is 0.626. The molecule has 0 heterocycles. The summed E-state index contributed by atoms with van der Waals surface area (Å²) in [5, 5.41) is 1.64. The molecule has 100 valence electrons. The first kappa shape index (κ1) is 15.0. The van der Waals surface area contributed by atoms with Gasteiger partial charge in [0.05, 0.1) is 0 Å². The van der Waals surface area contributed by atoms with E-state index < -0.39 is 11.9 Å². The van der Waals surface area contributed by atoms with Crippen LogP contribution in [0.4, 0.5) is 0 Å². The van der Waals surface area contributed by atoms with Crippen LogP contribution in [0.15, 0.2) is 36.4 Å². The van der Waals surface area contributed by atoms with Crippen LogP contribution in [0.5, 0.6) is 11.5 Å². The Labute approximate surface area is 116 Å². The van der Waals surface area contributed by atoms with Crippen LogP contribution in [0.25, 0.3) is 10.8 Å². The molecule has 0 aliphatic heterocycles. The van der Waals surface area contributed by atoms with Crippen molar-refractivity contribution in [1.82, 2.24) is 0 Å². The van der Waals surface area contributed by atoms with Gasteiger partial charge in [-0.25, -0.2) is 0 Å². The monoisotopic (exact) mass is 280 g/mol. The van der Waals surface area contributed by atoms with Crippen molar-refractivity contribution in [2.75, 3.05) is 0 Å². The molecule has 0 atom stereocenters. The Bertz CT molecular complexity index is 622. The van der Waals surface area contributed by atoms with E-state index in [1.807, 2.05) is 18.2 Å². The van der Waals surface area contributed by atoms with E-state index in [9.17, 15) is 9.59 Å². The molecule has 0 bridgehead atoms. The smallest absolute Gasteiger partial charge is 0.308 e. The average molecular weight is 281 g/mol. The maximum absolute atomic E-state index is 11.1. The number of benzene rings is 2. The van der Waals surface area contributed by atoms with Crippen LogP contribution in [0.1, 0.15) is 13.8 Å². The van der Waals surface area contributed by atoms with Gasteiger partial charge in [0.25, 0.3) is 0 Å². The van der Waals surface area contributed by atoms with E-state index in [0.29, 0.717) is 0 Å². The summed E-state index contributed by atoms with van der Waals surface area (Å²) < 4.78 is 10.2. The topological polar surface area (TPSA) is 52.6 Å². The van der Waals surface area contributed by atoms with Gasteiger partial charge in [0.2, 0.25) is 0 Å². The molecule has 0 spiro atoms. The van der Waals surface area contributed by atoms with Crippen molar-refractivity contribution in [2.24, 2.45) is 0 Å². The van der Waals surface area contributed by atoms with Crippen molar-refractivity contribution in [3.63, 3.8) is 0 Å². The number of ether oxygens (including phenoxy) is 2. The van der Waals surface area contributed by atoms with Crippen LogP contribution >= 0.6 is 12.4 Å². The molecule has 2 aromatic carbocycles. The Balaban J connectivity index is 0.00000180. The lowest BCUT2D eigenvalue weighted by Crippen LogP contribution is -2.07. The summed E-state index contributed by atoms with van der Waals surface area (Å²) in [4.78, 5) is 22.2. The number of hydrogen-bond donors (Lipinski definition) is 0. The molecule has 2 aromatic rings. The molecule has 0 fully saturated rings. The van der Waals surface area contributed by atoms with Gasteiger partial charge in [0.1, 0.15) is 0 Å². The summed E-state index contributed by atoms with van der Waals surface area (Å²) in [5.41, 5.74) is 0. The second-order valence-electron chi connectivity index (χ2n) is 3.80. The molecule has 0 saturated heterocycles. The molecule has 0 saturated carbocycles. The van der Waals surface area contributed by atoms with Crippen molar-refractivity contribution in [1.29, 1.82) is 0 Å². The second-order valence-corrected chi connectivity index (χ2v) is 3.80. The van der Waals surface area contributed by atoms with Crippen LogP contribution in [0, 0.1) is 0 Å². The van der Waals surface area contributed by atoms with Crippen LogP contribution in [-0.2, 0) is 9.59 Å². The van der Waals surface area contributed by atoms with Crippen LogP contribution in [-0.4, -0.2) is 11.9 Å². The number of hydrogen-bond acceptors (Lipinski definition) is 4. The van der Waals surface area contributed by atoms with E-state index >= 15 is 0 Å². The maximum atomic E-state index is 11.1. The molecule has 0 aliphatic carbocycles. The third-order valence-corrected chi connectivity index (χ3v) is 2.34. The zero-order valence-electron chi connectivity index (χ0n) is 10.5. The van der Waals surface area contributed by atoms with E-state index in [1.54, 1.807) is 18.2 Å². The van der Waals surface area contributed by atoms with Gasteiger partial charge in [0, 0.05) is 19.2 Å². The van der Waals surface area contributed by atoms with Gasteiger partial charge < -0.3 is 9.47 Å². The van der Waals surface area contributed by atoms with E-state index in [2.05, 4.69) is 0 Å². The third kappa shape index (κ3) is 3.45. The lowest BCUT2D eigenvalue weighted by atomic mass is 10.1. The van der Waals surface area contributed by atoms with Gasteiger partial charge in [-0.2, -0.15) is 0 Å². The van der Waals surface area contributed by atoms with E-state index in [-0.39, 0.29) is 23.9 Å². The number of esters is 2. The zero-order chi connectivity index (χ0) is 13.1. The second kappa shape index (κ2) is 6.20. The summed E-state index contributed by atoms with van der Waals surface area (Å²) in [6.07, 6.45) is 0. The van der Waals surface area contributed by atoms with Crippen LogP contribution in [0.2, 0.25) is 0 Å². The summed E-state index contributed by atoms with van der Waals surface area (Å²) in [6.45, 7) is 2.60. The normalized spacial score (nSPS) is 9.58. The molecule has 2 rings (SSSR count). The van der Waals surface area contributed by atoms with E-state index in [0.717, 1.165) is 10.8 Å². The van der Waals surface area contributed by atoms with Gasteiger partial charge in [-0.15, -0.1) is 12.4 Å². The molecular weight excluding hydrogens is 268 g/mol. The third-order valence-electron chi connectivity index (χ3n) is 2.34. The van der Waals surface area contributed by atoms with Crippen molar-refractivity contribution < 1.29 is 19.1 Å². The fourth-order valence-corrected chi connectivity index (χ4v) is 1.71. The van der Waals surface area contributed by atoms with E-state index in [1.165, 1.54) is 13.8 Å². The Kier molecular flexibility index (Phi) is 4.89. The van der Waals surface area contributed by atoms with Crippen LogP contribution in [0.3, 0.4) is 0 Å². The lowest BCUT2D eigenvalue weighted by molar-refractivity contribution is -0.134. The number of rotatable bonds is 2. The largest absolute Gasteiger partial charge is 0.423 e. The fraction of sp³-hybridized carbons (Fsp3) is 0.143. The minimum atomic E-state index is -0.460. The number of halogens is 1. The molecule has 0 aromatic heterocycles. The van der Waals surface area contributed by atoms with Crippen LogP contribution < -0.4 is 9.47 Å². The lowest BCUT2D eigenvalue weighted by Gasteiger charge is -2.11. The highest BCUT2D eigenvalue weighted by atomic mass is 35.5. The van der Waals surface area contributed by atoms with E-state index in [4.69, 9.17) is 9.47 Å². The van der Waals surface area contributed by atoms with Gasteiger partial charge >= 0.3 is 11.9 Å². The Hall–Kier alpha value is -2.07. The van der Waals surface area contributed by atoms with Crippen molar-refractivity contribution in [3.05, 3.63) is 36.4 Å². The first-order valence-corrected chi connectivity index (χ1v) is 5.46. The fourth-order valence-electron chi connectivity index (χ4n) is 1.71. The molecule has 0 unspecified atom stereocenters. The molecule has 4 nitrogen and oxygen atoms in total. The van der Waals surface area contributed by atoms with Crippen molar-refractivity contribution in [2.45, 2.75) is 13.8 Å². The molecule has 0 N–H and O–H groups in total. The minimum Gasteiger partial charge on any atom is -0.423 e. The first-order valence-electron chi connectivity index (χ1n) is 5.46. The highest BCUT2D eigenvalue weighted by Gasteiger charge is 2.13. The predicted molar refractivity (Wildman–Crippen MR) is 73.8 cm³/mol. The van der Waals surface area contributed by atoms with Gasteiger partial charge in [0.15, 0.2) is 11.5 Å². The summed E-state index contributed by atoms with van der Waals surface area (Å²) in [6, 6.07) is 10.8. The number of fused-ring (bicyclic) bond motifs is 1. The van der Waals surface area contributed by atoms with Crippen molar-refractivity contribution in [3.8, 4) is 11.5 Å². The number of carbonyl (C=O) groups is 2. The minimum absolute atomic E-state index is 0. The summed E-state index contributed by atoms with van der Waals surface area (Å²) >= 11 is 0. The highest BCUT2D eigenvalue weighted by molar-refractivity contribution is 5.93. The highest BCUT2D eigenvalue weighted by Crippen LogP contribution is 2.35. The predicted octanol–water partition coefficient (Wildman–Crippen LogP) is 3.11. The SMILES string of the molecule is CC(=O)Oc1ccc2ccccc2c1OC(C)=O.Cl. The van der Waals surface area contributed by atoms with Crippen molar-refractivity contribution >= 4 is 35.1 Å². The Morgan fingerprint density at radius 3 is 2.16 bits per heavy atom. The first-order chi connectivity index (χ1) is 8.58. The van der Waals surface area contributed by atoms with Gasteiger partial charge in [-0.3, -0.25) is 9.59 Å². The molecule has 0 radical (unpaired) electrons. The average Bonchev–Trinajstić information content (AvgIpc) is 2.31. The Morgan fingerprint density at radius 1 is 0.895 bits per heavy atom. The van der Waals surface area contributed by atoms with Gasteiger partial charge in [-0.1, -0.05) is 30.3 Å². The molecule has 5 heteroatoms. The standard InChI is InChI=1S/C14H12O4.ClH/c1-9(15)17-13-8-7-11-5-3-4-6-12(11)14(13)18-10(2)16;/h3-8H,1-2H3;1H. The number of carbonyl (C=O) groups excluding carboxylic acids is 2. The molecule has 0 aliphatic rings. The zero-order valence-corrected chi connectivity index (χ0v) is 11.3. The molecule has 0 amide bonds.